The molecule has 1 aromatic heterocycles. The Morgan fingerprint density at radius 2 is 1.61 bits per heavy atom. The van der Waals surface area contributed by atoms with E-state index in [1.165, 1.54) is 7.11 Å². The summed E-state index contributed by atoms with van der Waals surface area (Å²) in [4.78, 5) is 40.8. The Morgan fingerprint density at radius 1 is 1.03 bits per heavy atom. The van der Waals surface area contributed by atoms with E-state index in [0.717, 1.165) is 12.0 Å². The van der Waals surface area contributed by atoms with Crippen LogP contribution in [0.4, 0.5) is 0 Å². The largest absolute Gasteiger partial charge is 0.464 e. The maximum Gasteiger partial charge on any atom is 0.354 e. The van der Waals surface area contributed by atoms with E-state index in [1.807, 2.05) is 19.1 Å². The first kappa shape index (κ1) is 24.4. The van der Waals surface area contributed by atoms with Gasteiger partial charge in [-0.1, -0.05) is 31.5 Å². The van der Waals surface area contributed by atoms with E-state index in [1.54, 1.807) is 49.4 Å². The van der Waals surface area contributed by atoms with Crippen LogP contribution < -0.4 is 0 Å². The topological polar surface area (TPSA) is 68.6 Å². The lowest BCUT2D eigenvalue weighted by atomic mass is 9.98. The molecule has 168 valence electrons. The average molecular weight is 427 g/mol. The van der Waals surface area contributed by atoms with Crippen LogP contribution in [0, 0.1) is 26.7 Å². The van der Waals surface area contributed by atoms with Gasteiger partial charge < -0.3 is 14.2 Å². The van der Waals surface area contributed by atoms with Crippen LogP contribution in [0.3, 0.4) is 0 Å². The fourth-order valence-corrected chi connectivity index (χ4v) is 3.81. The van der Waals surface area contributed by atoms with E-state index in [0.29, 0.717) is 40.5 Å². The second-order valence-electron chi connectivity index (χ2n) is 8.57. The molecule has 0 N–H and O–H groups in total. The Bertz CT molecular complexity index is 970. The summed E-state index contributed by atoms with van der Waals surface area (Å²) in [5.41, 5.74) is 3.72. The molecule has 1 aromatic carbocycles. The van der Waals surface area contributed by atoms with E-state index < -0.39 is 12.0 Å². The Balaban J connectivity index is 2.46. The van der Waals surface area contributed by atoms with Crippen molar-refractivity contribution in [3.8, 4) is 0 Å². The van der Waals surface area contributed by atoms with Crippen molar-refractivity contribution in [2.75, 3.05) is 13.7 Å². The number of aromatic nitrogens is 1. The van der Waals surface area contributed by atoms with Gasteiger partial charge in [-0.05, 0) is 57.7 Å². The van der Waals surface area contributed by atoms with Crippen LogP contribution in [-0.2, 0) is 11.8 Å². The fraction of sp³-hybridized carbons (Fsp3) is 0.480. The molecule has 1 amide bonds. The third-order valence-electron chi connectivity index (χ3n) is 5.91. The third-order valence-corrected chi connectivity index (χ3v) is 5.91. The number of carbonyl (C=O) groups excluding carboxylic acids is 3. The Kier molecular flexibility index (Phi) is 7.82. The summed E-state index contributed by atoms with van der Waals surface area (Å²) in [6.45, 7) is 11.9. The third kappa shape index (κ3) is 5.06. The summed E-state index contributed by atoms with van der Waals surface area (Å²) in [7, 11) is 3.06. The van der Waals surface area contributed by atoms with Gasteiger partial charge in [-0.25, -0.2) is 4.79 Å². The molecule has 1 heterocycles. The first-order chi connectivity index (χ1) is 14.5. The van der Waals surface area contributed by atoms with Crippen molar-refractivity contribution in [2.45, 2.75) is 54.0 Å². The molecule has 6 heteroatoms. The van der Waals surface area contributed by atoms with Crippen molar-refractivity contribution in [1.82, 2.24) is 9.47 Å². The lowest BCUT2D eigenvalue weighted by molar-refractivity contribution is 0.0587. The number of Topliss-reactive ketones (excluding diaryl/α,β-unsaturated/α-hetero) is 1. The number of ether oxygens (including phenoxy) is 1. The number of benzene rings is 1. The van der Waals surface area contributed by atoms with Gasteiger partial charge >= 0.3 is 5.97 Å². The SMILES string of the molecule is COC(=O)c1c(C)c(C(=O)C(C)N(CCC(C)C)C(=O)c2ccc(C)cc2)c(C)n1C. The van der Waals surface area contributed by atoms with E-state index in [2.05, 4.69) is 13.8 Å². The molecule has 2 rings (SSSR count). The van der Waals surface area contributed by atoms with Crippen molar-refractivity contribution < 1.29 is 19.1 Å². The quantitative estimate of drug-likeness (QED) is 0.460. The van der Waals surface area contributed by atoms with Crippen molar-refractivity contribution >= 4 is 17.7 Å². The van der Waals surface area contributed by atoms with Gasteiger partial charge in [-0.3, -0.25) is 9.59 Å². The van der Waals surface area contributed by atoms with Crippen molar-refractivity contribution in [3.05, 3.63) is 57.9 Å². The van der Waals surface area contributed by atoms with Crippen molar-refractivity contribution in [2.24, 2.45) is 13.0 Å². The lowest BCUT2D eigenvalue weighted by Gasteiger charge is -2.29. The zero-order chi connectivity index (χ0) is 23.5. The van der Waals surface area contributed by atoms with Gasteiger partial charge in [0.15, 0.2) is 5.78 Å². The number of aryl methyl sites for hydroxylation is 1. The second kappa shape index (κ2) is 9.94. The predicted octanol–water partition coefficient (Wildman–Crippen LogP) is 4.50. The zero-order valence-corrected chi connectivity index (χ0v) is 19.9. The molecule has 2 aromatic rings. The highest BCUT2D eigenvalue weighted by Gasteiger charge is 2.32. The van der Waals surface area contributed by atoms with Crippen LogP contribution in [0.25, 0.3) is 0 Å². The molecule has 0 radical (unpaired) electrons. The monoisotopic (exact) mass is 426 g/mol. The van der Waals surface area contributed by atoms with Crippen LogP contribution in [0.5, 0.6) is 0 Å². The Hall–Kier alpha value is -2.89. The molecular formula is C25H34N2O4. The number of rotatable bonds is 8. The fourth-order valence-electron chi connectivity index (χ4n) is 3.81. The van der Waals surface area contributed by atoms with Gasteiger partial charge in [0.2, 0.25) is 0 Å². The number of esters is 1. The normalized spacial score (nSPS) is 12.0. The van der Waals surface area contributed by atoms with Crippen molar-refractivity contribution in [3.63, 3.8) is 0 Å². The van der Waals surface area contributed by atoms with E-state index in [-0.39, 0.29) is 11.7 Å². The van der Waals surface area contributed by atoms with Gasteiger partial charge in [-0.15, -0.1) is 0 Å². The highest BCUT2D eigenvalue weighted by atomic mass is 16.5. The molecule has 0 spiro atoms. The summed E-state index contributed by atoms with van der Waals surface area (Å²) in [6, 6.07) is 6.72. The number of nitrogens with zero attached hydrogens (tertiary/aromatic N) is 2. The lowest BCUT2D eigenvalue weighted by Crippen LogP contribution is -2.44. The van der Waals surface area contributed by atoms with Gasteiger partial charge in [0, 0.05) is 30.4 Å². The van der Waals surface area contributed by atoms with Crippen LogP contribution in [0.2, 0.25) is 0 Å². The van der Waals surface area contributed by atoms with Crippen LogP contribution in [0.1, 0.15) is 75.2 Å². The summed E-state index contributed by atoms with van der Waals surface area (Å²) in [5, 5.41) is 0. The Morgan fingerprint density at radius 3 is 2.13 bits per heavy atom. The summed E-state index contributed by atoms with van der Waals surface area (Å²) in [5.74, 6) is -0.435. The van der Waals surface area contributed by atoms with Gasteiger partial charge in [0.1, 0.15) is 5.69 Å². The highest BCUT2D eigenvalue weighted by molar-refractivity contribution is 6.07. The Labute approximate surface area is 185 Å². The summed E-state index contributed by atoms with van der Waals surface area (Å²) < 4.78 is 6.57. The molecule has 31 heavy (non-hydrogen) atoms. The molecule has 0 fully saturated rings. The molecule has 0 saturated carbocycles. The number of hydrogen-bond donors (Lipinski definition) is 0. The minimum atomic E-state index is -0.669. The molecular weight excluding hydrogens is 392 g/mol. The molecule has 1 unspecified atom stereocenters. The number of ketones is 1. The first-order valence-electron chi connectivity index (χ1n) is 10.7. The zero-order valence-electron chi connectivity index (χ0n) is 19.9. The smallest absolute Gasteiger partial charge is 0.354 e. The van der Waals surface area contributed by atoms with Gasteiger partial charge in [0.05, 0.1) is 13.2 Å². The molecule has 1 atom stereocenters. The van der Waals surface area contributed by atoms with E-state index >= 15 is 0 Å². The van der Waals surface area contributed by atoms with E-state index in [9.17, 15) is 14.4 Å². The standard InChI is InChI=1S/C25H34N2O4/c1-15(2)13-14-27(24(29)20-11-9-16(3)10-12-20)19(6)23(28)21-17(4)22(25(30)31-8)26(7)18(21)5/h9-12,15,19H,13-14H2,1-8H3. The number of carbonyl (C=O) groups is 3. The molecule has 0 aliphatic heterocycles. The minimum absolute atomic E-state index is 0.166. The minimum Gasteiger partial charge on any atom is -0.464 e. The molecule has 0 bridgehead atoms. The predicted molar refractivity (Wildman–Crippen MR) is 122 cm³/mol. The molecule has 6 nitrogen and oxygen atoms in total. The summed E-state index contributed by atoms with van der Waals surface area (Å²) >= 11 is 0. The second-order valence-corrected chi connectivity index (χ2v) is 8.57. The molecule has 0 saturated heterocycles. The van der Waals surface area contributed by atoms with Crippen molar-refractivity contribution in [1.29, 1.82) is 0 Å². The molecule has 0 aliphatic carbocycles. The maximum absolute atomic E-state index is 13.6. The highest BCUT2D eigenvalue weighted by Crippen LogP contribution is 2.25. The number of methoxy groups -OCH3 is 1. The van der Waals surface area contributed by atoms with Crippen LogP contribution in [-0.4, -0.2) is 46.8 Å². The van der Waals surface area contributed by atoms with Gasteiger partial charge in [-0.2, -0.15) is 0 Å². The summed E-state index contributed by atoms with van der Waals surface area (Å²) in [6.07, 6.45) is 0.787. The maximum atomic E-state index is 13.6. The first-order valence-corrected chi connectivity index (χ1v) is 10.7. The average Bonchev–Trinajstić information content (AvgIpc) is 2.95. The van der Waals surface area contributed by atoms with Crippen LogP contribution >= 0.6 is 0 Å². The van der Waals surface area contributed by atoms with Gasteiger partial charge in [0.25, 0.3) is 5.91 Å². The molecule has 0 aliphatic rings. The number of hydrogen-bond acceptors (Lipinski definition) is 4. The van der Waals surface area contributed by atoms with Crippen LogP contribution in [0.15, 0.2) is 24.3 Å². The number of amides is 1. The van der Waals surface area contributed by atoms with E-state index in [4.69, 9.17) is 4.74 Å².